The summed E-state index contributed by atoms with van der Waals surface area (Å²) in [5, 5.41) is 7.68. The predicted octanol–water partition coefficient (Wildman–Crippen LogP) is -2.32. The van der Waals surface area contributed by atoms with E-state index < -0.39 is 21.9 Å². The molecule has 1 N–H and O–H groups in total. The SMILES string of the molecule is CCOC(=O)C(=O)Nc1c[n+](N2CCN(S(C)(=O)=O)CC2)no1. The number of hydrogen-bond acceptors (Lipinski definition) is 8. The van der Waals surface area contributed by atoms with Gasteiger partial charge >= 0.3 is 17.8 Å². The van der Waals surface area contributed by atoms with Gasteiger partial charge in [0.15, 0.2) is 0 Å². The van der Waals surface area contributed by atoms with Gasteiger partial charge in [-0.15, -0.1) is 0 Å². The van der Waals surface area contributed by atoms with Gasteiger partial charge < -0.3 is 4.74 Å². The highest BCUT2D eigenvalue weighted by Crippen LogP contribution is 2.05. The number of sulfonamides is 1. The Hall–Kier alpha value is -2.21. The standard InChI is InChI=1S/C11H17N5O6S/c1-3-21-11(18)10(17)12-9-8-16(13-22-9)14-4-6-15(7-5-14)23(2,19)20/h8H,3-7H2,1-2H3/p+1. The van der Waals surface area contributed by atoms with E-state index in [4.69, 9.17) is 4.52 Å². The number of esters is 1. The number of aromatic nitrogens is 2. The summed E-state index contributed by atoms with van der Waals surface area (Å²) in [7, 11) is -3.21. The van der Waals surface area contributed by atoms with E-state index in [1.54, 1.807) is 11.9 Å². The fourth-order valence-corrected chi connectivity index (χ4v) is 2.83. The van der Waals surface area contributed by atoms with Crippen LogP contribution in [0.2, 0.25) is 0 Å². The highest BCUT2D eigenvalue weighted by Gasteiger charge is 2.30. The first kappa shape index (κ1) is 17.1. The molecule has 0 aliphatic carbocycles. The smallest absolute Gasteiger partial charge is 0.397 e. The number of ether oxygens (including phenoxy) is 1. The van der Waals surface area contributed by atoms with Crippen molar-refractivity contribution in [2.75, 3.05) is 49.4 Å². The third-order valence-electron chi connectivity index (χ3n) is 3.13. The van der Waals surface area contributed by atoms with Crippen LogP contribution in [0.5, 0.6) is 0 Å². The van der Waals surface area contributed by atoms with Crippen LogP contribution < -0.4 is 15.1 Å². The van der Waals surface area contributed by atoms with Crippen LogP contribution in [0.3, 0.4) is 0 Å². The Morgan fingerprint density at radius 1 is 1.39 bits per heavy atom. The van der Waals surface area contributed by atoms with Crippen LogP contribution in [0.1, 0.15) is 6.92 Å². The third-order valence-corrected chi connectivity index (χ3v) is 4.43. The van der Waals surface area contributed by atoms with Crippen LogP contribution in [0.4, 0.5) is 5.88 Å². The highest BCUT2D eigenvalue weighted by molar-refractivity contribution is 7.88. The Morgan fingerprint density at radius 3 is 2.61 bits per heavy atom. The summed E-state index contributed by atoms with van der Waals surface area (Å²) in [6.45, 7) is 3.15. The molecule has 1 amide bonds. The summed E-state index contributed by atoms with van der Waals surface area (Å²) in [4.78, 5) is 24.0. The number of amides is 1. The van der Waals surface area contributed by atoms with Gasteiger partial charge in [-0.05, 0) is 6.92 Å². The molecule has 1 saturated heterocycles. The van der Waals surface area contributed by atoms with Crippen molar-refractivity contribution in [2.45, 2.75) is 6.92 Å². The minimum atomic E-state index is -3.21. The lowest BCUT2D eigenvalue weighted by atomic mass is 10.4. The van der Waals surface area contributed by atoms with Gasteiger partial charge in [-0.25, -0.2) is 13.2 Å². The van der Waals surface area contributed by atoms with Crippen molar-refractivity contribution in [3.05, 3.63) is 6.20 Å². The molecule has 1 aliphatic rings. The molecular formula is C11H18N5O6S+. The first-order valence-corrected chi connectivity index (χ1v) is 8.73. The average Bonchev–Trinajstić information content (AvgIpc) is 2.95. The summed E-state index contributed by atoms with van der Waals surface area (Å²) >= 11 is 0. The van der Waals surface area contributed by atoms with Gasteiger partial charge in [0.25, 0.3) is 6.20 Å². The lowest BCUT2D eigenvalue weighted by molar-refractivity contribution is -0.759. The second-order valence-corrected chi connectivity index (χ2v) is 6.76. The van der Waals surface area contributed by atoms with Crippen LogP contribution in [-0.4, -0.2) is 68.9 Å². The van der Waals surface area contributed by atoms with Gasteiger partial charge in [0, 0.05) is 13.1 Å². The predicted molar refractivity (Wildman–Crippen MR) is 76.3 cm³/mol. The number of nitrogens with zero attached hydrogens (tertiary/aromatic N) is 4. The zero-order valence-corrected chi connectivity index (χ0v) is 13.6. The molecule has 0 aromatic carbocycles. The maximum absolute atomic E-state index is 11.5. The molecule has 1 aromatic heterocycles. The minimum absolute atomic E-state index is 0.0198. The maximum Gasteiger partial charge on any atom is 0.397 e. The summed E-state index contributed by atoms with van der Waals surface area (Å²) in [5.41, 5.74) is 0. The van der Waals surface area contributed by atoms with Gasteiger partial charge in [0.05, 0.1) is 30.7 Å². The van der Waals surface area contributed by atoms with E-state index in [1.165, 1.54) is 15.3 Å². The zero-order chi connectivity index (χ0) is 17.0. The summed E-state index contributed by atoms with van der Waals surface area (Å²) in [5.74, 6) is -2.00. The molecule has 2 heterocycles. The number of rotatable bonds is 4. The topological polar surface area (TPSA) is 126 Å². The number of hydrogen-bond donors (Lipinski definition) is 1. The fraction of sp³-hybridized carbons (Fsp3) is 0.636. The first-order chi connectivity index (χ1) is 10.8. The van der Waals surface area contributed by atoms with E-state index in [0.717, 1.165) is 6.26 Å². The van der Waals surface area contributed by atoms with Crippen molar-refractivity contribution in [1.29, 1.82) is 0 Å². The van der Waals surface area contributed by atoms with Gasteiger partial charge in [-0.2, -0.15) is 9.31 Å². The lowest BCUT2D eigenvalue weighted by Gasteiger charge is -2.27. The van der Waals surface area contributed by atoms with Crippen LogP contribution in [0.25, 0.3) is 0 Å². The molecule has 0 unspecified atom stereocenters. The number of nitrogens with one attached hydrogen (secondary N) is 1. The summed E-state index contributed by atoms with van der Waals surface area (Å²) in [6, 6.07) is 0. The third kappa shape index (κ3) is 4.39. The maximum atomic E-state index is 11.5. The van der Waals surface area contributed by atoms with Gasteiger partial charge in [-0.3, -0.25) is 14.6 Å². The number of carbonyl (C=O) groups excluding carboxylic acids is 2. The van der Waals surface area contributed by atoms with E-state index in [-0.39, 0.29) is 12.5 Å². The number of piperazine rings is 1. The molecule has 2 rings (SSSR count). The second kappa shape index (κ2) is 6.91. The van der Waals surface area contributed by atoms with Crippen LogP contribution in [0, 0.1) is 0 Å². The Morgan fingerprint density at radius 2 is 2.04 bits per heavy atom. The van der Waals surface area contributed by atoms with Gasteiger partial charge in [-0.1, -0.05) is 0 Å². The van der Waals surface area contributed by atoms with Crippen molar-refractivity contribution >= 4 is 27.8 Å². The largest absolute Gasteiger partial charge is 0.459 e. The molecule has 11 nitrogen and oxygen atoms in total. The fourth-order valence-electron chi connectivity index (χ4n) is 2.00. The number of carbonyl (C=O) groups is 2. The van der Waals surface area contributed by atoms with Crippen LogP contribution in [-0.2, 0) is 24.3 Å². The van der Waals surface area contributed by atoms with Crippen LogP contribution >= 0.6 is 0 Å². The van der Waals surface area contributed by atoms with E-state index in [2.05, 4.69) is 15.3 Å². The molecule has 1 aliphatic heterocycles. The molecule has 1 aromatic rings. The minimum Gasteiger partial charge on any atom is -0.459 e. The molecule has 12 heteroatoms. The number of anilines is 1. The normalized spacial score (nSPS) is 16.2. The molecule has 0 spiro atoms. The van der Waals surface area contributed by atoms with Crippen molar-refractivity contribution < 1.29 is 32.1 Å². The Labute approximate surface area is 132 Å². The summed E-state index contributed by atoms with van der Waals surface area (Å²) < 4.78 is 33.7. The lowest BCUT2D eigenvalue weighted by Crippen LogP contribution is -2.65. The molecule has 0 atom stereocenters. The first-order valence-electron chi connectivity index (χ1n) is 6.88. The average molecular weight is 348 g/mol. The van der Waals surface area contributed by atoms with Gasteiger partial charge in [0.2, 0.25) is 15.3 Å². The van der Waals surface area contributed by atoms with Crippen molar-refractivity contribution in [3.63, 3.8) is 0 Å². The molecule has 0 radical (unpaired) electrons. The van der Waals surface area contributed by atoms with E-state index in [0.29, 0.717) is 26.2 Å². The molecular weight excluding hydrogens is 330 g/mol. The monoisotopic (exact) mass is 348 g/mol. The molecule has 1 fully saturated rings. The highest BCUT2D eigenvalue weighted by atomic mass is 32.2. The quantitative estimate of drug-likeness (QED) is 0.365. The van der Waals surface area contributed by atoms with Crippen LogP contribution in [0.15, 0.2) is 10.7 Å². The second-order valence-electron chi connectivity index (χ2n) is 4.78. The molecule has 128 valence electrons. The van der Waals surface area contributed by atoms with E-state index in [9.17, 15) is 18.0 Å². The Kier molecular flexibility index (Phi) is 5.15. The van der Waals surface area contributed by atoms with Crippen molar-refractivity contribution in [3.8, 4) is 0 Å². The van der Waals surface area contributed by atoms with E-state index >= 15 is 0 Å². The molecule has 0 saturated carbocycles. The van der Waals surface area contributed by atoms with E-state index in [1.807, 2.05) is 0 Å². The summed E-state index contributed by atoms with van der Waals surface area (Å²) in [6.07, 6.45) is 2.54. The molecule has 23 heavy (non-hydrogen) atoms. The zero-order valence-electron chi connectivity index (χ0n) is 12.8. The van der Waals surface area contributed by atoms with Gasteiger partial charge in [0.1, 0.15) is 0 Å². The van der Waals surface area contributed by atoms with Crippen molar-refractivity contribution in [2.24, 2.45) is 0 Å². The Bertz CT molecular complexity index is 679. The Balaban J connectivity index is 1.93. The molecule has 0 bridgehead atoms. The van der Waals surface area contributed by atoms with Crippen molar-refractivity contribution in [1.82, 2.24) is 9.58 Å².